The van der Waals surface area contributed by atoms with Gasteiger partial charge in [0.25, 0.3) is 0 Å². The van der Waals surface area contributed by atoms with Crippen LogP contribution in [0.5, 0.6) is 0 Å². The van der Waals surface area contributed by atoms with Crippen LogP contribution in [-0.2, 0) is 14.6 Å². The third-order valence-corrected chi connectivity index (χ3v) is 3.91. The Morgan fingerprint density at radius 3 is 2.05 bits per heavy atom. The van der Waals surface area contributed by atoms with Gasteiger partial charge in [-0.05, 0) is 34.5 Å². The number of rotatable bonds is 3. The molecule has 1 N–H and O–H groups in total. The summed E-state index contributed by atoms with van der Waals surface area (Å²) in [4.78, 5) is 10.4. The SMILES string of the molecule is CS(=O)(=O)c1ccc(C=CC(=O)O)cc1.c1ccsc1. The Morgan fingerprint density at radius 1 is 1.15 bits per heavy atom. The first-order valence-electron chi connectivity index (χ1n) is 5.58. The van der Waals surface area contributed by atoms with Crippen LogP contribution in [0.25, 0.3) is 6.08 Å². The molecule has 0 bridgehead atoms. The van der Waals surface area contributed by atoms with E-state index in [0.717, 1.165) is 12.3 Å². The summed E-state index contributed by atoms with van der Waals surface area (Å²) < 4.78 is 22.2. The van der Waals surface area contributed by atoms with Crippen molar-refractivity contribution in [3.05, 3.63) is 58.8 Å². The number of carboxylic acids is 1. The molecule has 1 aromatic heterocycles. The van der Waals surface area contributed by atoms with Crippen molar-refractivity contribution in [1.29, 1.82) is 0 Å². The van der Waals surface area contributed by atoms with Crippen molar-refractivity contribution in [1.82, 2.24) is 0 Å². The molecule has 2 rings (SSSR count). The van der Waals surface area contributed by atoms with Crippen LogP contribution in [0.1, 0.15) is 5.56 Å². The van der Waals surface area contributed by atoms with E-state index in [2.05, 4.69) is 0 Å². The summed E-state index contributed by atoms with van der Waals surface area (Å²) in [7, 11) is -3.19. The Balaban J connectivity index is 0.000000333. The van der Waals surface area contributed by atoms with Gasteiger partial charge in [0, 0.05) is 12.3 Å². The maximum absolute atomic E-state index is 11.1. The Kier molecular flexibility index (Phi) is 6.14. The first-order valence-corrected chi connectivity index (χ1v) is 8.41. The van der Waals surface area contributed by atoms with Crippen LogP contribution < -0.4 is 0 Å². The molecule has 0 unspecified atom stereocenters. The first kappa shape index (κ1) is 16.1. The van der Waals surface area contributed by atoms with Crippen molar-refractivity contribution in [3.63, 3.8) is 0 Å². The number of hydrogen-bond acceptors (Lipinski definition) is 4. The molecule has 6 heteroatoms. The van der Waals surface area contributed by atoms with Crippen LogP contribution in [0.15, 0.2) is 58.1 Å². The van der Waals surface area contributed by atoms with Gasteiger partial charge in [-0.2, -0.15) is 11.3 Å². The Labute approximate surface area is 121 Å². The van der Waals surface area contributed by atoms with Gasteiger partial charge in [-0.15, -0.1) is 0 Å². The summed E-state index contributed by atoms with van der Waals surface area (Å²) >= 11 is 1.71. The number of thiophene rings is 1. The zero-order chi connectivity index (χ0) is 15.0. The molecule has 106 valence electrons. The third-order valence-electron chi connectivity index (χ3n) is 2.15. The molecule has 20 heavy (non-hydrogen) atoms. The highest BCUT2D eigenvalue weighted by Gasteiger charge is 2.04. The fraction of sp³-hybridized carbons (Fsp3) is 0.0714. The van der Waals surface area contributed by atoms with E-state index < -0.39 is 15.8 Å². The fourth-order valence-electron chi connectivity index (χ4n) is 1.22. The molecule has 2 aromatic rings. The molecule has 0 saturated carbocycles. The summed E-state index contributed by atoms with van der Waals surface area (Å²) in [5, 5.41) is 12.5. The van der Waals surface area contributed by atoms with Gasteiger partial charge in [-0.3, -0.25) is 0 Å². The molecule has 4 nitrogen and oxygen atoms in total. The summed E-state index contributed by atoms with van der Waals surface area (Å²) in [5.74, 6) is -1.04. The number of carbonyl (C=O) groups is 1. The molecule has 0 aliphatic carbocycles. The molecule has 1 heterocycles. The lowest BCUT2D eigenvalue weighted by molar-refractivity contribution is -0.131. The van der Waals surface area contributed by atoms with Crippen molar-refractivity contribution in [2.75, 3.05) is 6.26 Å². The van der Waals surface area contributed by atoms with Gasteiger partial charge in [-0.1, -0.05) is 24.3 Å². The molecule has 0 atom stereocenters. The lowest BCUT2D eigenvalue weighted by Crippen LogP contribution is -1.96. The molecular weight excluding hydrogens is 296 g/mol. The van der Waals surface area contributed by atoms with Crippen LogP contribution in [-0.4, -0.2) is 25.7 Å². The molecule has 0 radical (unpaired) electrons. The van der Waals surface area contributed by atoms with Gasteiger partial charge >= 0.3 is 5.97 Å². The third kappa shape index (κ3) is 6.31. The zero-order valence-electron chi connectivity index (χ0n) is 10.8. The van der Waals surface area contributed by atoms with Crippen molar-refractivity contribution in [2.24, 2.45) is 0 Å². The Bertz CT molecular complexity index is 636. The Morgan fingerprint density at radius 2 is 1.70 bits per heavy atom. The van der Waals surface area contributed by atoms with Gasteiger partial charge in [0.15, 0.2) is 9.84 Å². The van der Waals surface area contributed by atoms with Gasteiger partial charge < -0.3 is 5.11 Å². The maximum Gasteiger partial charge on any atom is 0.328 e. The van der Waals surface area contributed by atoms with E-state index in [9.17, 15) is 13.2 Å². The van der Waals surface area contributed by atoms with Crippen molar-refractivity contribution >= 4 is 33.2 Å². The predicted molar refractivity (Wildman–Crippen MR) is 80.5 cm³/mol. The lowest BCUT2D eigenvalue weighted by Gasteiger charge is -1.97. The minimum Gasteiger partial charge on any atom is -0.478 e. The highest BCUT2D eigenvalue weighted by Crippen LogP contribution is 2.11. The number of hydrogen-bond donors (Lipinski definition) is 1. The van der Waals surface area contributed by atoms with Crippen LogP contribution in [0, 0.1) is 0 Å². The van der Waals surface area contributed by atoms with Crippen LogP contribution in [0.4, 0.5) is 0 Å². The fourth-order valence-corrected chi connectivity index (χ4v) is 2.30. The molecular formula is C14H14O4S2. The molecule has 0 aliphatic rings. The molecule has 0 amide bonds. The van der Waals surface area contributed by atoms with Crippen molar-refractivity contribution in [2.45, 2.75) is 4.90 Å². The topological polar surface area (TPSA) is 71.4 Å². The van der Waals surface area contributed by atoms with Gasteiger partial charge in [0.2, 0.25) is 0 Å². The molecule has 0 saturated heterocycles. The number of sulfone groups is 1. The minimum atomic E-state index is -3.19. The predicted octanol–water partition coefficient (Wildman–Crippen LogP) is 2.94. The van der Waals surface area contributed by atoms with E-state index in [-0.39, 0.29) is 4.90 Å². The molecule has 0 spiro atoms. The normalized spacial score (nSPS) is 10.8. The summed E-state index contributed by atoms with van der Waals surface area (Å²) in [5.41, 5.74) is 0.643. The molecule has 1 aromatic carbocycles. The average molecular weight is 310 g/mol. The average Bonchev–Trinajstić information content (AvgIpc) is 2.95. The minimum absolute atomic E-state index is 0.218. The zero-order valence-corrected chi connectivity index (χ0v) is 12.4. The number of benzene rings is 1. The smallest absolute Gasteiger partial charge is 0.328 e. The highest BCUT2D eigenvalue weighted by molar-refractivity contribution is 7.90. The van der Waals surface area contributed by atoms with Gasteiger partial charge in [0.1, 0.15) is 0 Å². The van der Waals surface area contributed by atoms with Crippen LogP contribution in [0.3, 0.4) is 0 Å². The molecule has 0 fully saturated rings. The largest absolute Gasteiger partial charge is 0.478 e. The summed E-state index contributed by atoms with van der Waals surface area (Å²) in [6.45, 7) is 0. The van der Waals surface area contributed by atoms with E-state index in [1.165, 1.54) is 18.2 Å². The van der Waals surface area contributed by atoms with Crippen molar-refractivity contribution < 1.29 is 18.3 Å². The van der Waals surface area contributed by atoms with E-state index >= 15 is 0 Å². The van der Waals surface area contributed by atoms with E-state index in [0.29, 0.717) is 5.56 Å². The first-order chi connectivity index (χ1) is 9.39. The highest BCUT2D eigenvalue weighted by atomic mass is 32.2. The standard InChI is InChI=1S/C10H10O4S.C4H4S/c1-15(13,14)9-5-2-8(3-6-9)4-7-10(11)12;1-2-4-5-3-1/h2-7H,1H3,(H,11,12);1-4H. The second-order valence-corrected chi connectivity index (χ2v) is 6.64. The van der Waals surface area contributed by atoms with E-state index in [1.54, 1.807) is 23.5 Å². The van der Waals surface area contributed by atoms with Gasteiger partial charge in [0.05, 0.1) is 4.90 Å². The van der Waals surface area contributed by atoms with Crippen LogP contribution >= 0.6 is 11.3 Å². The van der Waals surface area contributed by atoms with Crippen LogP contribution in [0.2, 0.25) is 0 Å². The second kappa shape index (κ2) is 7.62. The maximum atomic E-state index is 11.1. The quantitative estimate of drug-likeness (QED) is 0.885. The summed E-state index contributed by atoms with van der Waals surface area (Å²) in [6, 6.07) is 10.0. The number of aliphatic carboxylic acids is 1. The van der Waals surface area contributed by atoms with Gasteiger partial charge in [-0.25, -0.2) is 13.2 Å². The van der Waals surface area contributed by atoms with Crippen molar-refractivity contribution in [3.8, 4) is 0 Å². The molecule has 0 aliphatic heterocycles. The monoisotopic (exact) mass is 310 g/mol. The van der Waals surface area contributed by atoms with E-state index in [4.69, 9.17) is 5.11 Å². The Hall–Kier alpha value is -1.92. The second-order valence-electron chi connectivity index (χ2n) is 3.81. The lowest BCUT2D eigenvalue weighted by atomic mass is 10.2. The number of carboxylic acid groups (broad SMARTS) is 1. The van der Waals surface area contributed by atoms with E-state index in [1.807, 2.05) is 22.9 Å². The summed E-state index contributed by atoms with van der Waals surface area (Å²) in [6.07, 6.45) is 3.51.